The van der Waals surface area contributed by atoms with Gasteiger partial charge in [-0.05, 0) is 24.3 Å². The van der Waals surface area contributed by atoms with E-state index in [1.54, 1.807) is 12.3 Å². The van der Waals surface area contributed by atoms with Crippen molar-refractivity contribution in [2.75, 3.05) is 0 Å². The SMILES string of the molecule is Cn1ccnc1C(N)c1cc2cc(Cl)ccc2o1. The van der Waals surface area contributed by atoms with Crippen molar-refractivity contribution in [1.82, 2.24) is 9.55 Å². The fourth-order valence-corrected chi connectivity index (χ4v) is 2.17. The molecule has 1 aromatic carbocycles. The molecule has 4 nitrogen and oxygen atoms in total. The van der Waals surface area contributed by atoms with E-state index in [1.807, 2.05) is 36.0 Å². The predicted octanol–water partition coefficient (Wildman–Crippen LogP) is 2.87. The van der Waals surface area contributed by atoms with Gasteiger partial charge in [-0.2, -0.15) is 0 Å². The van der Waals surface area contributed by atoms with Crippen LogP contribution in [0.3, 0.4) is 0 Å². The number of imidazole rings is 1. The molecule has 1 unspecified atom stereocenters. The lowest BCUT2D eigenvalue weighted by atomic mass is 10.2. The highest BCUT2D eigenvalue weighted by molar-refractivity contribution is 6.31. The first kappa shape index (κ1) is 11.3. The number of hydrogen-bond acceptors (Lipinski definition) is 3. The van der Waals surface area contributed by atoms with Gasteiger partial charge in [0.05, 0.1) is 0 Å². The fourth-order valence-electron chi connectivity index (χ4n) is 1.99. The molecule has 2 N–H and O–H groups in total. The van der Waals surface area contributed by atoms with E-state index >= 15 is 0 Å². The van der Waals surface area contributed by atoms with Crippen molar-refractivity contribution in [3.05, 3.63) is 53.3 Å². The summed E-state index contributed by atoms with van der Waals surface area (Å²) in [5.41, 5.74) is 6.93. The molecule has 2 heterocycles. The molecule has 0 aliphatic carbocycles. The van der Waals surface area contributed by atoms with Crippen LogP contribution in [-0.4, -0.2) is 9.55 Å². The monoisotopic (exact) mass is 261 g/mol. The second-order valence-electron chi connectivity index (χ2n) is 4.20. The minimum absolute atomic E-state index is 0.379. The summed E-state index contributed by atoms with van der Waals surface area (Å²) >= 11 is 5.94. The Hall–Kier alpha value is -1.78. The Morgan fingerprint density at radius 3 is 2.94 bits per heavy atom. The van der Waals surface area contributed by atoms with Crippen molar-refractivity contribution in [3.63, 3.8) is 0 Å². The fraction of sp³-hybridized carbons (Fsp3) is 0.154. The largest absolute Gasteiger partial charge is 0.459 e. The van der Waals surface area contributed by atoms with Gasteiger partial charge in [-0.15, -0.1) is 0 Å². The molecule has 0 saturated carbocycles. The molecule has 0 aliphatic heterocycles. The molecule has 18 heavy (non-hydrogen) atoms. The second kappa shape index (κ2) is 4.15. The summed E-state index contributed by atoms with van der Waals surface area (Å²) in [7, 11) is 1.90. The van der Waals surface area contributed by atoms with Crippen molar-refractivity contribution in [2.45, 2.75) is 6.04 Å². The van der Waals surface area contributed by atoms with Gasteiger partial charge < -0.3 is 14.7 Å². The molecule has 0 saturated heterocycles. The lowest BCUT2D eigenvalue weighted by Crippen LogP contribution is -2.15. The number of hydrogen-bond donors (Lipinski definition) is 1. The van der Waals surface area contributed by atoms with Crippen molar-refractivity contribution in [2.24, 2.45) is 12.8 Å². The third-order valence-corrected chi connectivity index (χ3v) is 3.18. The zero-order chi connectivity index (χ0) is 12.7. The molecular formula is C13H12ClN3O. The zero-order valence-corrected chi connectivity index (χ0v) is 10.6. The molecule has 0 radical (unpaired) electrons. The lowest BCUT2D eigenvalue weighted by Gasteiger charge is -2.07. The molecule has 0 bridgehead atoms. The molecule has 3 aromatic rings. The van der Waals surface area contributed by atoms with E-state index in [4.69, 9.17) is 21.8 Å². The van der Waals surface area contributed by atoms with E-state index < -0.39 is 0 Å². The maximum atomic E-state index is 6.15. The smallest absolute Gasteiger partial charge is 0.134 e. The minimum atomic E-state index is -0.379. The number of aromatic nitrogens is 2. The number of fused-ring (bicyclic) bond motifs is 1. The highest BCUT2D eigenvalue weighted by atomic mass is 35.5. The Bertz CT molecular complexity index is 701. The van der Waals surface area contributed by atoms with E-state index in [1.165, 1.54) is 0 Å². The Morgan fingerprint density at radius 2 is 2.22 bits per heavy atom. The third kappa shape index (κ3) is 1.79. The van der Waals surface area contributed by atoms with E-state index in [0.29, 0.717) is 10.8 Å². The molecule has 5 heteroatoms. The highest BCUT2D eigenvalue weighted by Crippen LogP contribution is 2.27. The van der Waals surface area contributed by atoms with Gasteiger partial charge in [-0.1, -0.05) is 11.6 Å². The molecule has 2 aromatic heterocycles. The van der Waals surface area contributed by atoms with Crippen LogP contribution in [0.4, 0.5) is 0 Å². The van der Waals surface area contributed by atoms with Crippen LogP contribution in [0.25, 0.3) is 11.0 Å². The first-order valence-electron chi connectivity index (χ1n) is 5.57. The molecule has 0 amide bonds. The summed E-state index contributed by atoms with van der Waals surface area (Å²) in [6.45, 7) is 0. The Balaban J connectivity index is 2.07. The van der Waals surface area contributed by atoms with E-state index in [0.717, 1.165) is 16.8 Å². The minimum Gasteiger partial charge on any atom is -0.459 e. The number of halogens is 1. The first-order valence-corrected chi connectivity index (χ1v) is 5.95. The van der Waals surface area contributed by atoms with Crippen LogP contribution < -0.4 is 5.73 Å². The van der Waals surface area contributed by atoms with Crippen LogP contribution in [0.1, 0.15) is 17.6 Å². The topological polar surface area (TPSA) is 57.0 Å². The van der Waals surface area contributed by atoms with Gasteiger partial charge >= 0.3 is 0 Å². The van der Waals surface area contributed by atoms with Gasteiger partial charge in [0.2, 0.25) is 0 Å². The van der Waals surface area contributed by atoms with Crippen LogP contribution >= 0.6 is 11.6 Å². The average molecular weight is 262 g/mol. The molecule has 92 valence electrons. The molecule has 0 spiro atoms. The standard InChI is InChI=1S/C13H12ClN3O/c1-17-5-4-16-13(17)12(15)11-7-8-6-9(14)2-3-10(8)18-11/h2-7,12H,15H2,1H3. The Kier molecular flexibility index (Phi) is 2.61. The summed E-state index contributed by atoms with van der Waals surface area (Å²) in [5, 5.41) is 1.63. The highest BCUT2D eigenvalue weighted by Gasteiger charge is 2.17. The number of rotatable bonds is 2. The van der Waals surface area contributed by atoms with E-state index in [-0.39, 0.29) is 6.04 Å². The van der Waals surface area contributed by atoms with Crippen LogP contribution in [0.15, 0.2) is 41.1 Å². The zero-order valence-electron chi connectivity index (χ0n) is 9.80. The number of nitrogens with two attached hydrogens (primary N) is 1. The van der Waals surface area contributed by atoms with Gasteiger partial charge in [0, 0.05) is 29.9 Å². The predicted molar refractivity (Wildman–Crippen MR) is 70.5 cm³/mol. The van der Waals surface area contributed by atoms with Gasteiger partial charge in [-0.3, -0.25) is 0 Å². The lowest BCUT2D eigenvalue weighted by molar-refractivity contribution is 0.509. The van der Waals surface area contributed by atoms with Crippen LogP contribution in [-0.2, 0) is 7.05 Å². The van der Waals surface area contributed by atoms with Crippen molar-refractivity contribution in [1.29, 1.82) is 0 Å². The maximum absolute atomic E-state index is 6.15. The summed E-state index contributed by atoms with van der Waals surface area (Å²) in [4.78, 5) is 4.23. The second-order valence-corrected chi connectivity index (χ2v) is 4.64. The van der Waals surface area contributed by atoms with E-state index in [9.17, 15) is 0 Å². The Morgan fingerprint density at radius 1 is 1.39 bits per heavy atom. The average Bonchev–Trinajstić information content (AvgIpc) is 2.93. The van der Waals surface area contributed by atoms with Crippen molar-refractivity contribution in [3.8, 4) is 0 Å². The van der Waals surface area contributed by atoms with Gasteiger partial charge in [0.1, 0.15) is 23.2 Å². The van der Waals surface area contributed by atoms with Crippen molar-refractivity contribution >= 4 is 22.6 Å². The summed E-state index contributed by atoms with van der Waals surface area (Å²) < 4.78 is 7.61. The summed E-state index contributed by atoms with van der Waals surface area (Å²) in [6.07, 6.45) is 3.57. The number of furan rings is 1. The number of aryl methyl sites for hydroxylation is 1. The maximum Gasteiger partial charge on any atom is 0.134 e. The molecule has 0 aliphatic rings. The first-order chi connectivity index (χ1) is 8.65. The molecule has 0 fully saturated rings. The van der Waals surface area contributed by atoms with Gasteiger partial charge in [0.25, 0.3) is 0 Å². The quantitative estimate of drug-likeness (QED) is 0.772. The molecule has 1 atom stereocenters. The van der Waals surface area contributed by atoms with Crippen LogP contribution in [0, 0.1) is 0 Å². The van der Waals surface area contributed by atoms with Crippen LogP contribution in [0.5, 0.6) is 0 Å². The molecule has 3 rings (SSSR count). The van der Waals surface area contributed by atoms with Gasteiger partial charge in [-0.25, -0.2) is 4.98 Å². The molecular weight excluding hydrogens is 250 g/mol. The number of benzene rings is 1. The number of nitrogens with zero attached hydrogens (tertiary/aromatic N) is 2. The third-order valence-electron chi connectivity index (χ3n) is 2.94. The van der Waals surface area contributed by atoms with Crippen molar-refractivity contribution < 1.29 is 4.42 Å². The van der Waals surface area contributed by atoms with E-state index in [2.05, 4.69) is 4.98 Å². The summed E-state index contributed by atoms with van der Waals surface area (Å²) in [5.74, 6) is 1.45. The van der Waals surface area contributed by atoms with Gasteiger partial charge in [0.15, 0.2) is 0 Å². The Labute approximate surface area is 109 Å². The van der Waals surface area contributed by atoms with Crippen LogP contribution in [0.2, 0.25) is 5.02 Å². The normalized spacial score (nSPS) is 13.1. The summed E-state index contributed by atoms with van der Waals surface area (Å²) in [6, 6.07) is 7.02.